The molecule has 0 spiro atoms. The maximum Gasteiger partial charge on any atom is 0.254 e. The van der Waals surface area contributed by atoms with Gasteiger partial charge in [-0.1, -0.05) is 13.8 Å². The number of methoxy groups -OCH3 is 2. The third-order valence-corrected chi connectivity index (χ3v) is 3.44. The summed E-state index contributed by atoms with van der Waals surface area (Å²) in [5, 5.41) is 2.82. The molecule has 1 rings (SSSR count). The maximum atomic E-state index is 14.1. The summed E-state index contributed by atoms with van der Waals surface area (Å²) >= 11 is 0. The minimum absolute atomic E-state index is 0.0962. The summed E-state index contributed by atoms with van der Waals surface area (Å²) in [6.45, 7) is 6.20. The molecule has 1 aromatic rings. The summed E-state index contributed by atoms with van der Waals surface area (Å²) in [4.78, 5) is 12.4. The Labute approximate surface area is 131 Å². The summed E-state index contributed by atoms with van der Waals surface area (Å²) in [7, 11) is 2.84. The fourth-order valence-corrected chi connectivity index (χ4v) is 2.46. The number of hydrogen-bond acceptors (Lipinski definition) is 4. The second-order valence-electron chi connectivity index (χ2n) is 6.00. The van der Waals surface area contributed by atoms with Gasteiger partial charge in [-0.2, -0.15) is 0 Å². The largest absolute Gasteiger partial charge is 0.493 e. The SMILES string of the molecule is COc1cc(F)c(C(=O)NC(C)(CN)CC(C)C)cc1OC. The lowest BCUT2D eigenvalue weighted by molar-refractivity contribution is 0.0893. The van der Waals surface area contributed by atoms with Crippen molar-refractivity contribution in [3.63, 3.8) is 0 Å². The van der Waals surface area contributed by atoms with Crippen molar-refractivity contribution in [1.29, 1.82) is 0 Å². The number of carbonyl (C=O) groups is 1. The molecule has 124 valence electrons. The van der Waals surface area contributed by atoms with Gasteiger partial charge in [-0.05, 0) is 25.3 Å². The van der Waals surface area contributed by atoms with Crippen LogP contribution in [0.5, 0.6) is 11.5 Å². The molecule has 0 aliphatic carbocycles. The number of nitrogens with two attached hydrogens (primary N) is 1. The molecule has 1 aromatic carbocycles. The second kappa shape index (κ2) is 7.45. The smallest absolute Gasteiger partial charge is 0.254 e. The van der Waals surface area contributed by atoms with E-state index >= 15 is 0 Å². The van der Waals surface area contributed by atoms with Gasteiger partial charge in [0, 0.05) is 18.2 Å². The highest BCUT2D eigenvalue weighted by atomic mass is 19.1. The van der Waals surface area contributed by atoms with Crippen LogP contribution in [0, 0.1) is 11.7 Å². The number of amides is 1. The lowest BCUT2D eigenvalue weighted by atomic mass is 9.90. The fraction of sp³-hybridized carbons (Fsp3) is 0.562. The molecule has 0 bridgehead atoms. The molecule has 1 amide bonds. The zero-order chi connectivity index (χ0) is 16.9. The Morgan fingerprint density at radius 2 is 1.86 bits per heavy atom. The maximum absolute atomic E-state index is 14.1. The molecule has 0 aromatic heterocycles. The molecule has 0 saturated heterocycles. The van der Waals surface area contributed by atoms with Gasteiger partial charge in [-0.25, -0.2) is 4.39 Å². The third-order valence-electron chi connectivity index (χ3n) is 3.44. The molecule has 5 nitrogen and oxygen atoms in total. The average molecular weight is 312 g/mol. The number of ether oxygens (including phenoxy) is 2. The quantitative estimate of drug-likeness (QED) is 0.810. The highest BCUT2D eigenvalue weighted by molar-refractivity contribution is 5.95. The number of hydrogen-bond donors (Lipinski definition) is 2. The van der Waals surface area contributed by atoms with E-state index in [0.29, 0.717) is 18.1 Å². The van der Waals surface area contributed by atoms with Crippen LogP contribution in [0.2, 0.25) is 0 Å². The van der Waals surface area contributed by atoms with E-state index in [1.165, 1.54) is 20.3 Å². The first kappa shape index (κ1) is 18.2. The van der Waals surface area contributed by atoms with E-state index in [2.05, 4.69) is 5.32 Å². The number of benzene rings is 1. The predicted octanol–water partition coefficient (Wildman–Crippen LogP) is 2.34. The summed E-state index contributed by atoms with van der Waals surface area (Å²) in [5.41, 5.74) is 5.08. The van der Waals surface area contributed by atoms with E-state index in [-0.39, 0.29) is 17.9 Å². The zero-order valence-corrected chi connectivity index (χ0v) is 13.8. The number of halogens is 1. The molecular formula is C16H25FN2O3. The van der Waals surface area contributed by atoms with Crippen LogP contribution in [0.1, 0.15) is 37.6 Å². The Hall–Kier alpha value is -1.82. The van der Waals surface area contributed by atoms with Gasteiger partial charge >= 0.3 is 0 Å². The lowest BCUT2D eigenvalue weighted by Crippen LogP contribution is -2.52. The van der Waals surface area contributed by atoms with E-state index in [0.717, 1.165) is 6.07 Å². The van der Waals surface area contributed by atoms with E-state index in [1.54, 1.807) is 0 Å². The van der Waals surface area contributed by atoms with E-state index in [1.807, 2.05) is 20.8 Å². The Morgan fingerprint density at radius 3 is 2.32 bits per heavy atom. The van der Waals surface area contributed by atoms with Crippen molar-refractivity contribution in [2.75, 3.05) is 20.8 Å². The van der Waals surface area contributed by atoms with Crippen LogP contribution < -0.4 is 20.5 Å². The van der Waals surface area contributed by atoms with E-state index in [9.17, 15) is 9.18 Å². The molecule has 22 heavy (non-hydrogen) atoms. The molecule has 3 N–H and O–H groups in total. The normalized spacial score (nSPS) is 13.6. The van der Waals surface area contributed by atoms with Gasteiger partial charge in [-0.15, -0.1) is 0 Å². The zero-order valence-electron chi connectivity index (χ0n) is 13.8. The molecule has 0 fully saturated rings. The van der Waals surface area contributed by atoms with Crippen LogP contribution in [0.25, 0.3) is 0 Å². The monoisotopic (exact) mass is 312 g/mol. The van der Waals surface area contributed by atoms with Crippen molar-refractivity contribution in [2.45, 2.75) is 32.7 Å². The van der Waals surface area contributed by atoms with Crippen LogP contribution in [0.4, 0.5) is 4.39 Å². The lowest BCUT2D eigenvalue weighted by Gasteiger charge is -2.31. The van der Waals surface area contributed by atoms with Gasteiger partial charge in [0.1, 0.15) is 5.82 Å². The van der Waals surface area contributed by atoms with Gasteiger partial charge < -0.3 is 20.5 Å². The Morgan fingerprint density at radius 1 is 1.32 bits per heavy atom. The first-order valence-electron chi connectivity index (χ1n) is 7.20. The van der Waals surface area contributed by atoms with Crippen molar-refractivity contribution in [3.05, 3.63) is 23.5 Å². The topological polar surface area (TPSA) is 73.6 Å². The molecule has 0 aliphatic rings. The standard InChI is InChI=1S/C16H25FN2O3/c1-10(2)8-16(3,9-18)19-15(20)11-6-13(21-4)14(22-5)7-12(11)17/h6-7,10H,8-9,18H2,1-5H3,(H,19,20). The molecule has 0 saturated carbocycles. The van der Waals surface area contributed by atoms with Crippen molar-refractivity contribution < 1.29 is 18.7 Å². The molecule has 0 radical (unpaired) electrons. The summed E-state index contributed by atoms with van der Waals surface area (Å²) < 4.78 is 24.2. The summed E-state index contributed by atoms with van der Waals surface area (Å²) in [6.07, 6.45) is 0.699. The highest BCUT2D eigenvalue weighted by Crippen LogP contribution is 2.30. The average Bonchev–Trinajstić information content (AvgIpc) is 2.45. The first-order valence-corrected chi connectivity index (χ1v) is 7.20. The van der Waals surface area contributed by atoms with Crippen LogP contribution in [-0.2, 0) is 0 Å². The summed E-state index contributed by atoms with van der Waals surface area (Å²) in [6, 6.07) is 2.46. The van der Waals surface area contributed by atoms with Gasteiger partial charge in [0.2, 0.25) is 0 Å². The number of rotatable bonds is 7. The fourth-order valence-electron chi connectivity index (χ4n) is 2.46. The Kier molecular flexibility index (Phi) is 6.17. The van der Waals surface area contributed by atoms with E-state index in [4.69, 9.17) is 15.2 Å². The number of nitrogens with one attached hydrogen (secondary N) is 1. The highest BCUT2D eigenvalue weighted by Gasteiger charge is 2.28. The second-order valence-corrected chi connectivity index (χ2v) is 6.00. The molecule has 6 heteroatoms. The van der Waals surface area contributed by atoms with Crippen LogP contribution in [-0.4, -0.2) is 32.2 Å². The van der Waals surface area contributed by atoms with Gasteiger partial charge in [-0.3, -0.25) is 4.79 Å². The van der Waals surface area contributed by atoms with Crippen LogP contribution in [0.3, 0.4) is 0 Å². The van der Waals surface area contributed by atoms with Gasteiger partial charge in [0.05, 0.1) is 19.8 Å². The Bertz CT molecular complexity index is 534. The third kappa shape index (κ3) is 4.34. The summed E-state index contributed by atoms with van der Waals surface area (Å²) in [5.74, 6) is -0.303. The molecule has 0 aliphatic heterocycles. The van der Waals surface area contributed by atoms with E-state index < -0.39 is 17.3 Å². The molecule has 1 atom stereocenters. The van der Waals surface area contributed by atoms with Crippen molar-refractivity contribution in [1.82, 2.24) is 5.32 Å². The van der Waals surface area contributed by atoms with Crippen molar-refractivity contribution in [3.8, 4) is 11.5 Å². The van der Waals surface area contributed by atoms with Gasteiger partial charge in [0.15, 0.2) is 11.5 Å². The number of carbonyl (C=O) groups excluding carboxylic acids is 1. The van der Waals surface area contributed by atoms with Crippen LogP contribution in [0.15, 0.2) is 12.1 Å². The van der Waals surface area contributed by atoms with Crippen LogP contribution >= 0.6 is 0 Å². The minimum Gasteiger partial charge on any atom is -0.493 e. The first-order chi connectivity index (χ1) is 10.3. The Balaban J connectivity index is 3.07. The molecule has 0 heterocycles. The molecule has 1 unspecified atom stereocenters. The van der Waals surface area contributed by atoms with Crippen molar-refractivity contribution in [2.24, 2.45) is 11.7 Å². The molecular weight excluding hydrogens is 287 g/mol. The minimum atomic E-state index is -0.668. The predicted molar refractivity (Wildman–Crippen MR) is 83.9 cm³/mol. The van der Waals surface area contributed by atoms with Crippen molar-refractivity contribution >= 4 is 5.91 Å². The van der Waals surface area contributed by atoms with Gasteiger partial charge in [0.25, 0.3) is 5.91 Å².